The molecule has 1 atom stereocenters. The van der Waals surface area contributed by atoms with E-state index in [-0.39, 0.29) is 0 Å². The van der Waals surface area contributed by atoms with Crippen molar-refractivity contribution in [2.45, 2.75) is 32.7 Å². The minimum Gasteiger partial charge on any atom is -0.449 e. The van der Waals surface area contributed by atoms with Crippen LogP contribution >= 0.6 is 0 Å². The molecule has 1 aromatic carbocycles. The van der Waals surface area contributed by atoms with Gasteiger partial charge in [-0.05, 0) is 37.4 Å². The number of nitrogens with one attached hydrogen (secondary N) is 1. The molecule has 0 amide bonds. The number of fused-ring (bicyclic) bond motifs is 1. The topological polar surface area (TPSA) is 58.0 Å². The minimum absolute atomic E-state index is 0.650. The van der Waals surface area contributed by atoms with Crippen LogP contribution in [0.15, 0.2) is 34.9 Å². The smallest absolute Gasteiger partial charge is 0.191 e. The van der Waals surface area contributed by atoms with Gasteiger partial charge in [-0.15, -0.1) is 0 Å². The zero-order valence-electron chi connectivity index (χ0n) is 13.5. The number of nitrogens with zero attached hydrogens (tertiary/aromatic N) is 3. The minimum atomic E-state index is 0.650. The third-order valence-corrected chi connectivity index (χ3v) is 4.58. The Kier molecular flexibility index (Phi) is 3.87. The van der Waals surface area contributed by atoms with E-state index < -0.39 is 0 Å². The van der Waals surface area contributed by atoms with Gasteiger partial charge in [-0.25, -0.2) is 9.97 Å². The number of aromatic nitrogens is 3. The molecule has 1 saturated heterocycles. The van der Waals surface area contributed by atoms with Gasteiger partial charge in [-0.2, -0.15) is 0 Å². The number of imidazole rings is 1. The highest BCUT2D eigenvalue weighted by molar-refractivity contribution is 5.74. The maximum Gasteiger partial charge on any atom is 0.191 e. The molecule has 23 heavy (non-hydrogen) atoms. The van der Waals surface area contributed by atoms with Crippen molar-refractivity contribution < 1.29 is 4.42 Å². The number of hydrogen-bond donors (Lipinski definition) is 1. The Labute approximate surface area is 135 Å². The second-order valence-electron chi connectivity index (χ2n) is 6.51. The van der Waals surface area contributed by atoms with Gasteiger partial charge in [0.1, 0.15) is 12.1 Å². The Bertz CT molecular complexity index is 758. The molecule has 1 fully saturated rings. The number of piperidine rings is 1. The second-order valence-corrected chi connectivity index (χ2v) is 6.51. The molecular formula is C18H22N4O. The lowest BCUT2D eigenvalue weighted by Crippen LogP contribution is -2.36. The molecule has 5 nitrogen and oxygen atoms in total. The zero-order valence-corrected chi connectivity index (χ0v) is 13.5. The Balaban J connectivity index is 1.40. The van der Waals surface area contributed by atoms with Crippen molar-refractivity contribution in [1.82, 2.24) is 19.9 Å². The highest BCUT2D eigenvalue weighted by Crippen LogP contribution is 2.22. The van der Waals surface area contributed by atoms with E-state index in [0.717, 1.165) is 54.5 Å². The fourth-order valence-electron chi connectivity index (χ4n) is 3.55. The third kappa shape index (κ3) is 3.29. The van der Waals surface area contributed by atoms with Crippen LogP contribution in [-0.4, -0.2) is 32.9 Å². The third-order valence-electron chi connectivity index (χ3n) is 4.58. The molecular weight excluding hydrogens is 288 g/mol. The molecule has 3 heterocycles. The normalized spacial score (nSPS) is 19.4. The average Bonchev–Trinajstić information content (AvgIpc) is 3.13. The molecule has 0 radical (unpaired) electrons. The number of aryl methyl sites for hydroxylation is 1. The molecule has 0 saturated carbocycles. The average molecular weight is 310 g/mol. The van der Waals surface area contributed by atoms with Crippen LogP contribution in [0, 0.1) is 12.8 Å². The number of para-hydroxylation sites is 2. The summed E-state index contributed by atoms with van der Waals surface area (Å²) in [5.74, 6) is 2.50. The van der Waals surface area contributed by atoms with Crippen molar-refractivity contribution in [3.63, 3.8) is 0 Å². The summed E-state index contributed by atoms with van der Waals surface area (Å²) in [7, 11) is 0. The second kappa shape index (κ2) is 6.16. The van der Waals surface area contributed by atoms with Crippen molar-refractivity contribution in [3.05, 3.63) is 47.9 Å². The van der Waals surface area contributed by atoms with E-state index in [1.807, 2.05) is 19.1 Å². The predicted octanol–water partition coefficient (Wildman–Crippen LogP) is 3.31. The largest absolute Gasteiger partial charge is 0.449 e. The Hall–Kier alpha value is -2.14. The molecule has 1 aliphatic rings. The van der Waals surface area contributed by atoms with Crippen molar-refractivity contribution in [1.29, 1.82) is 0 Å². The van der Waals surface area contributed by atoms with E-state index in [2.05, 4.69) is 27.0 Å². The Morgan fingerprint density at radius 3 is 3.04 bits per heavy atom. The first-order valence-corrected chi connectivity index (χ1v) is 8.33. The van der Waals surface area contributed by atoms with Crippen molar-refractivity contribution >= 4 is 11.0 Å². The maximum absolute atomic E-state index is 5.31. The lowest BCUT2D eigenvalue weighted by atomic mass is 9.94. The van der Waals surface area contributed by atoms with E-state index in [0.29, 0.717) is 5.92 Å². The van der Waals surface area contributed by atoms with Crippen LogP contribution in [-0.2, 0) is 13.0 Å². The first-order valence-electron chi connectivity index (χ1n) is 8.33. The van der Waals surface area contributed by atoms with Gasteiger partial charge < -0.3 is 9.40 Å². The van der Waals surface area contributed by atoms with Crippen molar-refractivity contribution in [2.24, 2.45) is 5.92 Å². The molecule has 0 spiro atoms. The Morgan fingerprint density at radius 1 is 1.30 bits per heavy atom. The maximum atomic E-state index is 5.31. The molecule has 5 heteroatoms. The fourth-order valence-corrected chi connectivity index (χ4v) is 3.55. The number of benzene rings is 1. The van der Waals surface area contributed by atoms with Gasteiger partial charge in [0.05, 0.1) is 16.7 Å². The van der Waals surface area contributed by atoms with Gasteiger partial charge in [0.2, 0.25) is 0 Å². The summed E-state index contributed by atoms with van der Waals surface area (Å²) in [6.45, 7) is 5.02. The molecule has 0 aliphatic carbocycles. The number of aromatic amines is 1. The summed E-state index contributed by atoms with van der Waals surface area (Å²) in [4.78, 5) is 15.1. The van der Waals surface area contributed by atoms with Gasteiger partial charge in [-0.3, -0.25) is 4.90 Å². The zero-order chi connectivity index (χ0) is 15.6. The van der Waals surface area contributed by atoms with Gasteiger partial charge >= 0.3 is 0 Å². The van der Waals surface area contributed by atoms with Crippen molar-refractivity contribution in [2.75, 3.05) is 13.1 Å². The summed E-state index contributed by atoms with van der Waals surface area (Å²) >= 11 is 0. The van der Waals surface area contributed by atoms with Crippen LogP contribution in [0.4, 0.5) is 0 Å². The summed E-state index contributed by atoms with van der Waals surface area (Å²) in [5, 5.41) is 0. The van der Waals surface area contributed by atoms with Crippen LogP contribution in [0.2, 0.25) is 0 Å². The highest BCUT2D eigenvalue weighted by Gasteiger charge is 2.22. The van der Waals surface area contributed by atoms with Crippen LogP contribution < -0.4 is 0 Å². The SMILES string of the molecule is Cc1nc(CN2CCCC(Cc3nc4ccccc4[nH]3)C2)co1. The van der Waals surface area contributed by atoms with Crippen molar-refractivity contribution in [3.8, 4) is 0 Å². The quantitative estimate of drug-likeness (QED) is 0.803. The molecule has 0 bridgehead atoms. The van der Waals surface area contributed by atoms with E-state index >= 15 is 0 Å². The van der Waals surface area contributed by atoms with Crippen LogP contribution in [0.25, 0.3) is 11.0 Å². The number of rotatable bonds is 4. The Morgan fingerprint density at radius 2 is 2.22 bits per heavy atom. The summed E-state index contributed by atoms with van der Waals surface area (Å²) in [6, 6.07) is 8.24. The monoisotopic (exact) mass is 310 g/mol. The number of hydrogen-bond acceptors (Lipinski definition) is 4. The van der Waals surface area contributed by atoms with E-state index in [1.165, 1.54) is 12.8 Å². The van der Waals surface area contributed by atoms with Crippen LogP contribution in [0.5, 0.6) is 0 Å². The van der Waals surface area contributed by atoms with E-state index in [1.54, 1.807) is 6.26 Å². The number of oxazole rings is 1. The van der Waals surface area contributed by atoms with Gasteiger partial charge in [0.25, 0.3) is 0 Å². The van der Waals surface area contributed by atoms with E-state index in [4.69, 9.17) is 9.40 Å². The fraction of sp³-hybridized carbons (Fsp3) is 0.444. The van der Waals surface area contributed by atoms with E-state index in [9.17, 15) is 0 Å². The molecule has 3 aromatic rings. The van der Waals surface area contributed by atoms with Gasteiger partial charge in [-0.1, -0.05) is 12.1 Å². The molecule has 1 unspecified atom stereocenters. The molecule has 1 N–H and O–H groups in total. The lowest BCUT2D eigenvalue weighted by Gasteiger charge is -2.31. The first kappa shape index (κ1) is 14.5. The number of likely N-dealkylation sites (tertiary alicyclic amines) is 1. The molecule has 1 aliphatic heterocycles. The lowest BCUT2D eigenvalue weighted by molar-refractivity contribution is 0.164. The number of H-pyrrole nitrogens is 1. The van der Waals surface area contributed by atoms with Crippen LogP contribution in [0.1, 0.15) is 30.3 Å². The van der Waals surface area contributed by atoms with Gasteiger partial charge in [0, 0.05) is 26.4 Å². The molecule has 120 valence electrons. The molecule has 4 rings (SSSR count). The van der Waals surface area contributed by atoms with Crippen LogP contribution in [0.3, 0.4) is 0 Å². The summed E-state index contributed by atoms with van der Waals surface area (Å²) < 4.78 is 5.31. The summed E-state index contributed by atoms with van der Waals surface area (Å²) in [5.41, 5.74) is 3.23. The standard InChI is InChI=1S/C18H22N4O/c1-13-19-15(12-23-13)11-22-8-4-5-14(10-22)9-18-20-16-6-2-3-7-17(16)21-18/h2-3,6-7,12,14H,4-5,8-11H2,1H3,(H,20,21). The van der Waals surface area contributed by atoms with Gasteiger partial charge in [0.15, 0.2) is 5.89 Å². The molecule has 2 aromatic heterocycles. The highest BCUT2D eigenvalue weighted by atomic mass is 16.3. The summed E-state index contributed by atoms with van der Waals surface area (Å²) in [6.07, 6.45) is 5.30. The predicted molar refractivity (Wildman–Crippen MR) is 89.0 cm³/mol. The first-order chi connectivity index (χ1) is 11.3.